The van der Waals surface area contributed by atoms with Gasteiger partial charge < -0.3 is 10.4 Å². The summed E-state index contributed by atoms with van der Waals surface area (Å²) in [6.45, 7) is 7.37. The summed E-state index contributed by atoms with van der Waals surface area (Å²) in [7, 11) is 0. The van der Waals surface area contributed by atoms with E-state index in [1.54, 1.807) is 0 Å². The van der Waals surface area contributed by atoms with Crippen molar-refractivity contribution in [2.45, 2.75) is 38.8 Å². The number of rotatable bonds is 0. The zero-order valence-electron chi connectivity index (χ0n) is 9.61. The van der Waals surface area contributed by atoms with Gasteiger partial charge in [0.15, 0.2) is 5.71 Å². The average molecular weight is 226 g/mol. The predicted molar refractivity (Wildman–Crippen MR) is 54.0 cm³/mol. The van der Waals surface area contributed by atoms with Crippen LogP contribution in [0.1, 0.15) is 39.1 Å². The first-order valence-corrected chi connectivity index (χ1v) is 4.92. The van der Waals surface area contributed by atoms with Gasteiger partial charge in [-0.05, 0) is 32.6 Å². The van der Waals surface area contributed by atoms with E-state index >= 15 is 0 Å². The quantitative estimate of drug-likeness (QED) is 0.371. The highest BCUT2D eigenvalue weighted by molar-refractivity contribution is 6.06. The van der Waals surface area contributed by atoms with Crippen molar-refractivity contribution >= 4 is 5.71 Å². The molecule has 0 aliphatic carbocycles. The van der Waals surface area contributed by atoms with E-state index in [2.05, 4.69) is 20.3 Å². The molecule has 1 aliphatic rings. The highest BCUT2D eigenvalue weighted by Crippen LogP contribution is 2.31. The summed E-state index contributed by atoms with van der Waals surface area (Å²) in [5.74, 6) is 0. The van der Waals surface area contributed by atoms with Crippen LogP contribution in [0.5, 0.6) is 0 Å². The molecule has 88 valence electrons. The first-order chi connectivity index (χ1) is 7.29. The van der Waals surface area contributed by atoms with Crippen LogP contribution in [0.2, 0.25) is 0 Å². The predicted octanol–water partition coefficient (Wildman–Crippen LogP) is 0.103. The molecule has 0 atom stereocenters. The molecule has 1 aromatic heterocycles. The molecule has 0 amide bonds. The van der Waals surface area contributed by atoms with E-state index in [0.29, 0.717) is 22.0 Å². The minimum absolute atomic E-state index is 0.292. The number of nitrogens with zero attached hydrogens (tertiary/aromatic N) is 3. The lowest BCUT2D eigenvalue weighted by atomic mass is 9.82. The van der Waals surface area contributed by atoms with Gasteiger partial charge in [0.2, 0.25) is 5.69 Å². The number of aromatic nitrogens is 2. The molecule has 7 heteroatoms. The van der Waals surface area contributed by atoms with Crippen LogP contribution in [0.3, 0.4) is 0 Å². The van der Waals surface area contributed by atoms with Crippen LogP contribution < -0.4 is 10.2 Å². The van der Waals surface area contributed by atoms with Gasteiger partial charge in [-0.3, -0.25) is 9.95 Å². The molecule has 1 aromatic rings. The number of nitrogens with one attached hydrogen (secondary N) is 1. The van der Waals surface area contributed by atoms with Gasteiger partial charge in [-0.2, -0.15) is 0 Å². The van der Waals surface area contributed by atoms with Gasteiger partial charge >= 0.3 is 0 Å². The van der Waals surface area contributed by atoms with E-state index in [1.165, 1.54) is 0 Å². The topological polar surface area (TPSA) is 97.6 Å². The zero-order chi connectivity index (χ0) is 12.1. The molecule has 1 aliphatic heterocycles. The summed E-state index contributed by atoms with van der Waals surface area (Å²) in [6, 6.07) is 0. The van der Waals surface area contributed by atoms with Gasteiger partial charge in [-0.1, -0.05) is 5.16 Å². The standard InChI is InChI=1S/C9H14N4O3/c1-8(2)6(10-14)5-7(9(3,4)12-8)13(15)16-11-5/h12,14H,1-4H3/b10-6-. The molecule has 0 radical (unpaired) electrons. The first kappa shape index (κ1) is 10.9. The minimum Gasteiger partial charge on any atom is -0.410 e. The van der Waals surface area contributed by atoms with Gasteiger partial charge in [-0.15, -0.1) is 0 Å². The Hall–Kier alpha value is -1.63. The van der Waals surface area contributed by atoms with E-state index < -0.39 is 11.1 Å². The summed E-state index contributed by atoms with van der Waals surface area (Å²) in [6.07, 6.45) is 0. The van der Waals surface area contributed by atoms with E-state index in [1.807, 2.05) is 27.7 Å². The van der Waals surface area contributed by atoms with Crippen molar-refractivity contribution < 1.29 is 14.7 Å². The van der Waals surface area contributed by atoms with E-state index in [9.17, 15) is 5.21 Å². The van der Waals surface area contributed by atoms with Crippen molar-refractivity contribution in [2.24, 2.45) is 5.16 Å². The summed E-state index contributed by atoms with van der Waals surface area (Å²) >= 11 is 0. The molecule has 0 spiro atoms. The lowest BCUT2D eigenvalue weighted by Gasteiger charge is -2.38. The Bertz CT molecular complexity index is 461. The Kier molecular flexibility index (Phi) is 2.00. The highest BCUT2D eigenvalue weighted by atomic mass is 16.8. The number of hydrogen-bond donors (Lipinski definition) is 2. The van der Waals surface area contributed by atoms with Crippen molar-refractivity contribution in [3.63, 3.8) is 0 Å². The molecule has 0 aromatic carbocycles. The summed E-state index contributed by atoms with van der Waals surface area (Å²) in [5, 5.41) is 30.5. The van der Waals surface area contributed by atoms with Crippen molar-refractivity contribution in [3.05, 3.63) is 16.6 Å². The van der Waals surface area contributed by atoms with Gasteiger partial charge in [0, 0.05) is 5.16 Å². The van der Waals surface area contributed by atoms with Crippen LogP contribution >= 0.6 is 0 Å². The summed E-state index contributed by atoms with van der Waals surface area (Å²) in [5.41, 5.74) is -0.282. The zero-order valence-corrected chi connectivity index (χ0v) is 9.61. The third-order valence-electron chi connectivity index (χ3n) is 2.75. The van der Waals surface area contributed by atoms with E-state index in [4.69, 9.17) is 5.21 Å². The monoisotopic (exact) mass is 226 g/mol. The fourth-order valence-corrected chi connectivity index (χ4v) is 2.30. The molecule has 2 heterocycles. The maximum absolute atomic E-state index is 11.5. The molecule has 7 nitrogen and oxygen atoms in total. The van der Waals surface area contributed by atoms with Crippen LogP contribution in [0, 0.1) is 5.21 Å². The smallest absolute Gasteiger partial charge is 0.272 e. The molecule has 0 unspecified atom stereocenters. The van der Waals surface area contributed by atoms with Crippen molar-refractivity contribution in [1.29, 1.82) is 0 Å². The SMILES string of the molecule is CC1(C)NC(C)(C)c2c(no[n+]2[O-])/C1=N/O. The Morgan fingerprint density at radius 1 is 1.38 bits per heavy atom. The third kappa shape index (κ3) is 1.28. The number of hydrogen-bond acceptors (Lipinski definition) is 6. The Morgan fingerprint density at radius 2 is 2.00 bits per heavy atom. The molecule has 2 rings (SSSR count). The normalized spacial score (nSPS) is 24.4. The average Bonchev–Trinajstić information content (AvgIpc) is 2.45. The van der Waals surface area contributed by atoms with Crippen molar-refractivity contribution in [2.75, 3.05) is 0 Å². The molecule has 0 fully saturated rings. The Balaban J connectivity index is 2.72. The second kappa shape index (κ2) is 2.94. The van der Waals surface area contributed by atoms with Crippen LogP contribution in [0.15, 0.2) is 9.78 Å². The largest absolute Gasteiger partial charge is 0.410 e. The first-order valence-electron chi connectivity index (χ1n) is 4.92. The summed E-state index contributed by atoms with van der Waals surface area (Å²) in [4.78, 5) is 0.336. The second-order valence-corrected chi connectivity index (χ2v) is 4.95. The van der Waals surface area contributed by atoms with Crippen LogP contribution in [0.25, 0.3) is 0 Å². The fraction of sp³-hybridized carbons (Fsp3) is 0.667. The van der Waals surface area contributed by atoms with Crippen LogP contribution in [-0.4, -0.2) is 21.6 Å². The van der Waals surface area contributed by atoms with Crippen LogP contribution in [-0.2, 0) is 5.54 Å². The molecule has 0 saturated carbocycles. The summed E-state index contributed by atoms with van der Waals surface area (Å²) < 4.78 is 4.56. The molecular weight excluding hydrogens is 212 g/mol. The Labute approximate surface area is 92.3 Å². The second-order valence-electron chi connectivity index (χ2n) is 4.95. The maximum atomic E-state index is 11.5. The molecule has 2 N–H and O–H groups in total. The van der Waals surface area contributed by atoms with Gasteiger partial charge in [0.1, 0.15) is 0 Å². The van der Waals surface area contributed by atoms with E-state index in [0.717, 1.165) is 0 Å². The molecule has 0 bridgehead atoms. The lowest BCUT2D eigenvalue weighted by molar-refractivity contribution is -0.810. The highest BCUT2D eigenvalue weighted by Gasteiger charge is 2.50. The van der Waals surface area contributed by atoms with Gasteiger partial charge in [0.05, 0.1) is 11.1 Å². The Morgan fingerprint density at radius 3 is 2.56 bits per heavy atom. The van der Waals surface area contributed by atoms with E-state index in [-0.39, 0.29) is 0 Å². The molecular formula is C9H14N4O3. The molecule has 0 saturated heterocycles. The van der Waals surface area contributed by atoms with Crippen LogP contribution in [0.4, 0.5) is 0 Å². The maximum Gasteiger partial charge on any atom is 0.272 e. The minimum atomic E-state index is -0.602. The number of oxime groups is 1. The van der Waals surface area contributed by atoms with Gasteiger partial charge in [0.25, 0.3) is 5.69 Å². The van der Waals surface area contributed by atoms with Crippen molar-refractivity contribution in [3.8, 4) is 0 Å². The van der Waals surface area contributed by atoms with Crippen molar-refractivity contribution in [1.82, 2.24) is 10.5 Å². The fourth-order valence-electron chi connectivity index (χ4n) is 2.30. The third-order valence-corrected chi connectivity index (χ3v) is 2.75. The lowest BCUT2D eigenvalue weighted by Crippen LogP contribution is -2.62. The molecule has 16 heavy (non-hydrogen) atoms. The van der Waals surface area contributed by atoms with Gasteiger partial charge in [-0.25, -0.2) is 0 Å². The number of fused-ring (bicyclic) bond motifs is 1.